The number of nitrogen functional groups attached to an aromatic ring is 1. The SMILES string of the molecule is C=CC(=O)c1ccc(C(=O)OCC)c(N)c1. The molecule has 0 heterocycles. The van der Waals surface area contributed by atoms with E-state index in [9.17, 15) is 9.59 Å². The molecule has 1 rings (SSSR count). The summed E-state index contributed by atoms with van der Waals surface area (Å²) in [5.74, 6) is -0.722. The van der Waals surface area contributed by atoms with Gasteiger partial charge >= 0.3 is 5.97 Å². The first-order valence-electron chi connectivity index (χ1n) is 4.83. The lowest BCUT2D eigenvalue weighted by molar-refractivity contribution is 0.0527. The van der Waals surface area contributed by atoms with Crippen molar-refractivity contribution >= 4 is 17.4 Å². The van der Waals surface area contributed by atoms with Crippen molar-refractivity contribution in [2.45, 2.75) is 6.92 Å². The number of allylic oxidation sites excluding steroid dienone is 1. The molecule has 0 unspecified atom stereocenters. The molecule has 2 N–H and O–H groups in total. The molecule has 0 fully saturated rings. The number of carbonyl (C=O) groups excluding carboxylic acids is 2. The molecule has 0 aliphatic carbocycles. The van der Waals surface area contributed by atoms with Gasteiger partial charge in [-0.25, -0.2) is 4.79 Å². The van der Waals surface area contributed by atoms with E-state index in [0.717, 1.165) is 0 Å². The van der Waals surface area contributed by atoms with Crippen molar-refractivity contribution < 1.29 is 14.3 Å². The van der Waals surface area contributed by atoms with Crippen molar-refractivity contribution in [3.05, 3.63) is 42.0 Å². The van der Waals surface area contributed by atoms with Crippen LogP contribution in [0.15, 0.2) is 30.9 Å². The highest BCUT2D eigenvalue weighted by Crippen LogP contribution is 2.16. The Kier molecular flexibility index (Phi) is 3.83. The molecule has 0 aliphatic rings. The zero-order valence-corrected chi connectivity index (χ0v) is 9.03. The Labute approximate surface area is 93.7 Å². The summed E-state index contributed by atoms with van der Waals surface area (Å²) in [4.78, 5) is 22.7. The lowest BCUT2D eigenvalue weighted by atomic mass is 10.1. The summed E-state index contributed by atoms with van der Waals surface area (Å²) < 4.78 is 4.81. The average molecular weight is 219 g/mol. The largest absolute Gasteiger partial charge is 0.462 e. The van der Waals surface area contributed by atoms with Gasteiger partial charge < -0.3 is 10.5 Å². The van der Waals surface area contributed by atoms with Crippen LogP contribution in [-0.2, 0) is 4.74 Å². The van der Waals surface area contributed by atoms with Gasteiger partial charge in [0.05, 0.1) is 12.2 Å². The highest BCUT2D eigenvalue weighted by Gasteiger charge is 2.12. The standard InChI is InChI=1S/C12H13NO3/c1-3-11(14)8-5-6-9(10(13)7-8)12(15)16-4-2/h3,5-7H,1,4,13H2,2H3. The molecule has 84 valence electrons. The zero-order chi connectivity index (χ0) is 12.1. The monoisotopic (exact) mass is 219 g/mol. The van der Waals surface area contributed by atoms with Crippen LogP contribution < -0.4 is 5.73 Å². The van der Waals surface area contributed by atoms with Gasteiger partial charge in [-0.3, -0.25) is 4.79 Å². The molecule has 0 aromatic heterocycles. The highest BCUT2D eigenvalue weighted by atomic mass is 16.5. The molecule has 4 heteroatoms. The summed E-state index contributed by atoms with van der Waals surface area (Å²) in [6.07, 6.45) is 1.19. The van der Waals surface area contributed by atoms with Crippen LogP contribution in [0.2, 0.25) is 0 Å². The molecule has 0 bridgehead atoms. The number of ether oxygens (including phenoxy) is 1. The van der Waals surface area contributed by atoms with Crippen LogP contribution in [0.4, 0.5) is 5.69 Å². The van der Waals surface area contributed by atoms with Crippen molar-refractivity contribution in [1.29, 1.82) is 0 Å². The normalized spacial score (nSPS) is 9.56. The van der Waals surface area contributed by atoms with Crippen LogP contribution in [0, 0.1) is 0 Å². The lowest BCUT2D eigenvalue weighted by Crippen LogP contribution is -2.09. The number of hydrogen-bond acceptors (Lipinski definition) is 4. The van der Waals surface area contributed by atoms with E-state index in [1.165, 1.54) is 24.3 Å². The van der Waals surface area contributed by atoms with Crippen LogP contribution in [0.5, 0.6) is 0 Å². The number of carbonyl (C=O) groups is 2. The molecular weight excluding hydrogens is 206 g/mol. The summed E-state index contributed by atoms with van der Waals surface area (Å²) in [6, 6.07) is 4.44. The molecule has 0 spiro atoms. The Morgan fingerprint density at radius 1 is 1.50 bits per heavy atom. The van der Waals surface area contributed by atoms with Crippen LogP contribution in [-0.4, -0.2) is 18.4 Å². The third kappa shape index (κ3) is 2.48. The number of hydrogen-bond donors (Lipinski definition) is 1. The summed E-state index contributed by atoms with van der Waals surface area (Å²) >= 11 is 0. The zero-order valence-electron chi connectivity index (χ0n) is 9.03. The molecule has 4 nitrogen and oxygen atoms in total. The predicted octanol–water partition coefficient (Wildman–Crippen LogP) is 1.81. The minimum Gasteiger partial charge on any atom is -0.462 e. The van der Waals surface area contributed by atoms with E-state index in [1.807, 2.05) is 0 Å². The number of benzene rings is 1. The van der Waals surface area contributed by atoms with Crippen LogP contribution in [0.25, 0.3) is 0 Å². The maximum atomic E-state index is 11.4. The van der Waals surface area contributed by atoms with Crippen molar-refractivity contribution in [2.24, 2.45) is 0 Å². The third-order valence-corrected chi connectivity index (χ3v) is 2.02. The van der Waals surface area contributed by atoms with Gasteiger partial charge in [-0.1, -0.05) is 12.6 Å². The minimum atomic E-state index is -0.488. The summed E-state index contributed by atoms with van der Waals surface area (Å²) in [5.41, 5.74) is 6.56. The summed E-state index contributed by atoms with van der Waals surface area (Å²) in [6.45, 7) is 5.37. The molecule has 16 heavy (non-hydrogen) atoms. The number of nitrogens with two attached hydrogens (primary N) is 1. The van der Waals surface area contributed by atoms with Gasteiger partial charge in [0.1, 0.15) is 0 Å². The fourth-order valence-corrected chi connectivity index (χ4v) is 1.23. The van der Waals surface area contributed by atoms with E-state index in [4.69, 9.17) is 10.5 Å². The van der Waals surface area contributed by atoms with E-state index >= 15 is 0 Å². The second kappa shape index (κ2) is 5.11. The topological polar surface area (TPSA) is 69.4 Å². The maximum Gasteiger partial charge on any atom is 0.340 e. The summed E-state index contributed by atoms with van der Waals surface area (Å²) in [5, 5.41) is 0. The van der Waals surface area contributed by atoms with E-state index in [1.54, 1.807) is 6.92 Å². The van der Waals surface area contributed by atoms with Crippen LogP contribution >= 0.6 is 0 Å². The van der Waals surface area contributed by atoms with Crippen molar-refractivity contribution in [1.82, 2.24) is 0 Å². The van der Waals surface area contributed by atoms with E-state index in [-0.39, 0.29) is 23.6 Å². The van der Waals surface area contributed by atoms with Gasteiger partial charge in [-0.05, 0) is 25.1 Å². The second-order valence-corrected chi connectivity index (χ2v) is 3.09. The molecule has 0 saturated carbocycles. The third-order valence-electron chi connectivity index (χ3n) is 2.02. The first kappa shape index (κ1) is 12.0. The molecular formula is C12H13NO3. The van der Waals surface area contributed by atoms with E-state index < -0.39 is 5.97 Å². The van der Waals surface area contributed by atoms with Crippen molar-refractivity contribution in [3.63, 3.8) is 0 Å². The minimum absolute atomic E-state index is 0.228. The molecule has 0 amide bonds. The fourth-order valence-electron chi connectivity index (χ4n) is 1.23. The molecule has 1 aromatic rings. The molecule has 1 aromatic carbocycles. The Balaban J connectivity index is 3.04. The van der Waals surface area contributed by atoms with E-state index in [0.29, 0.717) is 5.56 Å². The number of anilines is 1. The quantitative estimate of drug-likeness (QED) is 0.363. The van der Waals surface area contributed by atoms with Gasteiger partial charge in [0.25, 0.3) is 0 Å². The Bertz CT molecular complexity index is 438. The van der Waals surface area contributed by atoms with Crippen LogP contribution in [0.1, 0.15) is 27.6 Å². The molecule has 0 radical (unpaired) electrons. The fraction of sp³-hybridized carbons (Fsp3) is 0.167. The molecule has 0 aliphatic heterocycles. The Morgan fingerprint density at radius 3 is 2.69 bits per heavy atom. The van der Waals surface area contributed by atoms with Crippen LogP contribution in [0.3, 0.4) is 0 Å². The Hall–Kier alpha value is -2.10. The van der Waals surface area contributed by atoms with Gasteiger partial charge in [0.2, 0.25) is 0 Å². The first-order chi connectivity index (χ1) is 7.60. The highest BCUT2D eigenvalue weighted by molar-refractivity contribution is 6.06. The number of esters is 1. The van der Waals surface area contributed by atoms with Gasteiger partial charge in [0.15, 0.2) is 5.78 Å². The predicted molar refractivity (Wildman–Crippen MR) is 61.3 cm³/mol. The molecule has 0 saturated heterocycles. The first-order valence-corrected chi connectivity index (χ1v) is 4.83. The van der Waals surface area contributed by atoms with Gasteiger partial charge in [-0.15, -0.1) is 0 Å². The molecule has 0 atom stereocenters. The number of rotatable bonds is 4. The van der Waals surface area contributed by atoms with E-state index in [2.05, 4.69) is 6.58 Å². The second-order valence-electron chi connectivity index (χ2n) is 3.09. The maximum absolute atomic E-state index is 11.4. The van der Waals surface area contributed by atoms with Gasteiger partial charge in [-0.2, -0.15) is 0 Å². The van der Waals surface area contributed by atoms with Crippen molar-refractivity contribution in [2.75, 3.05) is 12.3 Å². The average Bonchev–Trinajstić information content (AvgIpc) is 2.28. The smallest absolute Gasteiger partial charge is 0.340 e. The number of ketones is 1. The Morgan fingerprint density at radius 2 is 2.19 bits per heavy atom. The van der Waals surface area contributed by atoms with Crippen molar-refractivity contribution in [3.8, 4) is 0 Å². The van der Waals surface area contributed by atoms with Gasteiger partial charge in [0, 0.05) is 11.3 Å². The lowest BCUT2D eigenvalue weighted by Gasteiger charge is -2.06. The summed E-state index contributed by atoms with van der Waals surface area (Å²) in [7, 11) is 0.